The lowest BCUT2D eigenvalue weighted by Gasteiger charge is -2.33. The number of benzene rings is 2. The maximum atomic E-state index is 13.2. The molecule has 1 aromatic heterocycles. The molecule has 1 amide bonds. The number of unbranched alkanes of at least 4 members (excludes halogenated alkanes) is 1. The summed E-state index contributed by atoms with van der Waals surface area (Å²) in [6.07, 6.45) is 4.17. The third kappa shape index (κ3) is 5.22. The summed E-state index contributed by atoms with van der Waals surface area (Å²) in [5, 5.41) is 3.18. The van der Waals surface area contributed by atoms with Gasteiger partial charge >= 0.3 is 0 Å². The molecule has 2 aliphatic heterocycles. The number of para-hydroxylation sites is 1. The molecular weight excluding hydrogens is 488 g/mol. The van der Waals surface area contributed by atoms with Crippen LogP contribution in [0.5, 0.6) is 0 Å². The summed E-state index contributed by atoms with van der Waals surface area (Å²) in [4.78, 5) is 26.0. The molecular formula is C27H32N6O3S. The van der Waals surface area contributed by atoms with E-state index in [1.165, 1.54) is 0 Å². The molecule has 2 aliphatic rings. The molecule has 0 atom stereocenters. The Hall–Kier alpha value is -3.34. The molecule has 0 bridgehead atoms. The minimum atomic E-state index is -3.54. The number of anilines is 3. The highest BCUT2D eigenvalue weighted by molar-refractivity contribution is 7.89. The zero-order chi connectivity index (χ0) is 26.0. The second kappa shape index (κ2) is 10.6. The fourth-order valence-corrected chi connectivity index (χ4v) is 6.20. The lowest BCUT2D eigenvalue weighted by molar-refractivity contribution is -0.117. The van der Waals surface area contributed by atoms with Crippen molar-refractivity contribution in [3.63, 3.8) is 0 Å². The van der Waals surface area contributed by atoms with E-state index in [0.717, 1.165) is 49.3 Å². The van der Waals surface area contributed by atoms with Gasteiger partial charge < -0.3 is 15.1 Å². The van der Waals surface area contributed by atoms with Crippen LogP contribution in [-0.2, 0) is 21.2 Å². The molecule has 0 radical (unpaired) electrons. The molecule has 0 spiro atoms. The fourth-order valence-electron chi connectivity index (χ4n) is 4.78. The molecule has 9 nitrogen and oxygen atoms in total. The molecule has 2 aromatic carbocycles. The Balaban J connectivity index is 1.32. The summed E-state index contributed by atoms with van der Waals surface area (Å²) in [6, 6.07) is 14.4. The maximum absolute atomic E-state index is 13.2. The molecule has 1 N–H and O–H groups in total. The first-order valence-corrected chi connectivity index (χ1v) is 14.1. The number of piperazine rings is 1. The molecule has 0 unspecified atom stereocenters. The van der Waals surface area contributed by atoms with E-state index in [9.17, 15) is 13.2 Å². The number of nitrogens with one attached hydrogen (secondary N) is 1. The number of carbonyl (C=O) groups excluding carboxylic acids is 1. The number of rotatable bonds is 7. The molecule has 1 fully saturated rings. The SMILES string of the molecule is CCCCN1CCN(S(=O)(=O)c2ccc(Nc3ncc4c(n3)-c3ccccc3N(C)C(=O)C4)cc2)CC1. The van der Waals surface area contributed by atoms with Crippen LogP contribution in [0.2, 0.25) is 0 Å². The fraction of sp³-hybridized carbons (Fsp3) is 0.370. The van der Waals surface area contributed by atoms with E-state index in [1.54, 1.807) is 46.7 Å². The second-order valence-corrected chi connectivity index (χ2v) is 11.4. The summed E-state index contributed by atoms with van der Waals surface area (Å²) >= 11 is 0. The third-order valence-electron chi connectivity index (χ3n) is 7.01. The largest absolute Gasteiger partial charge is 0.324 e. The topological polar surface area (TPSA) is 98.7 Å². The van der Waals surface area contributed by atoms with E-state index in [1.807, 2.05) is 24.3 Å². The van der Waals surface area contributed by atoms with Crippen LogP contribution in [0.3, 0.4) is 0 Å². The van der Waals surface area contributed by atoms with Gasteiger partial charge in [-0.1, -0.05) is 31.5 Å². The molecule has 1 saturated heterocycles. The Morgan fingerprint density at radius 2 is 1.73 bits per heavy atom. The van der Waals surface area contributed by atoms with Gasteiger partial charge in [0.25, 0.3) is 0 Å². The van der Waals surface area contributed by atoms with Gasteiger partial charge in [0, 0.05) is 56.2 Å². The van der Waals surface area contributed by atoms with Crippen molar-refractivity contribution in [3.8, 4) is 11.3 Å². The van der Waals surface area contributed by atoms with Crippen LogP contribution in [-0.4, -0.2) is 73.3 Å². The predicted molar refractivity (Wildman–Crippen MR) is 144 cm³/mol. The summed E-state index contributed by atoms with van der Waals surface area (Å²) < 4.78 is 27.9. The standard InChI is InChI=1S/C27H32N6O3S/c1-3-4-13-32-14-16-33(17-15-32)37(35,36)22-11-9-21(10-12-22)29-27-28-19-20-18-25(34)31(2)24-8-6-5-7-23(24)26(20)30-27/h5-12,19H,3-4,13-18H2,1-2H3,(H,28,29,30). The van der Waals surface area contributed by atoms with Gasteiger partial charge in [-0.25, -0.2) is 18.4 Å². The Bertz CT molecular complexity index is 1390. The van der Waals surface area contributed by atoms with E-state index < -0.39 is 10.0 Å². The van der Waals surface area contributed by atoms with E-state index in [4.69, 9.17) is 4.98 Å². The average molecular weight is 521 g/mol. The van der Waals surface area contributed by atoms with Gasteiger partial charge in [-0.3, -0.25) is 4.79 Å². The number of sulfonamides is 1. The number of fused-ring (bicyclic) bond motifs is 3. The van der Waals surface area contributed by atoms with Crippen molar-refractivity contribution in [1.29, 1.82) is 0 Å². The summed E-state index contributed by atoms with van der Waals surface area (Å²) in [5.41, 5.74) is 3.83. The van der Waals surface area contributed by atoms with Crippen molar-refractivity contribution in [2.45, 2.75) is 31.1 Å². The van der Waals surface area contributed by atoms with Crippen molar-refractivity contribution in [1.82, 2.24) is 19.2 Å². The van der Waals surface area contributed by atoms with Crippen molar-refractivity contribution in [2.24, 2.45) is 0 Å². The molecule has 3 heterocycles. The molecule has 5 rings (SSSR count). The van der Waals surface area contributed by atoms with E-state index in [2.05, 4.69) is 22.1 Å². The van der Waals surface area contributed by atoms with E-state index >= 15 is 0 Å². The predicted octanol–water partition coefficient (Wildman–Crippen LogP) is 3.51. The van der Waals surface area contributed by atoms with Gasteiger partial charge in [0.15, 0.2) is 0 Å². The normalized spacial score (nSPS) is 16.7. The molecule has 37 heavy (non-hydrogen) atoms. The maximum Gasteiger partial charge on any atom is 0.243 e. The molecule has 10 heteroatoms. The molecule has 3 aromatic rings. The van der Waals surface area contributed by atoms with Gasteiger partial charge in [-0.15, -0.1) is 0 Å². The summed E-state index contributed by atoms with van der Waals surface area (Å²) in [7, 11) is -1.78. The Morgan fingerprint density at radius 1 is 1.00 bits per heavy atom. The Kier molecular flexibility index (Phi) is 7.23. The summed E-state index contributed by atoms with van der Waals surface area (Å²) in [5.74, 6) is 0.360. The number of nitrogens with zero attached hydrogens (tertiary/aromatic N) is 5. The molecule has 0 saturated carbocycles. The third-order valence-corrected chi connectivity index (χ3v) is 8.92. The van der Waals surface area contributed by atoms with Crippen molar-refractivity contribution >= 4 is 33.3 Å². The average Bonchev–Trinajstić information content (AvgIpc) is 3.02. The van der Waals surface area contributed by atoms with Gasteiger partial charge in [-0.2, -0.15) is 4.31 Å². The zero-order valence-corrected chi connectivity index (χ0v) is 22.0. The Morgan fingerprint density at radius 3 is 2.46 bits per heavy atom. The number of hydrogen-bond acceptors (Lipinski definition) is 7. The number of hydrogen-bond donors (Lipinski definition) is 1. The van der Waals surface area contributed by atoms with E-state index in [-0.39, 0.29) is 17.2 Å². The van der Waals surface area contributed by atoms with Crippen LogP contribution < -0.4 is 10.2 Å². The quantitative estimate of drug-likeness (QED) is 0.509. The van der Waals surface area contributed by atoms with Gasteiger partial charge in [0.2, 0.25) is 21.9 Å². The van der Waals surface area contributed by atoms with Crippen LogP contribution >= 0.6 is 0 Å². The second-order valence-electron chi connectivity index (χ2n) is 9.46. The van der Waals surface area contributed by atoms with Crippen LogP contribution in [0.4, 0.5) is 17.3 Å². The van der Waals surface area contributed by atoms with Gasteiger partial charge in [-0.05, 0) is 43.3 Å². The number of likely N-dealkylation sites (N-methyl/N-ethyl adjacent to an activating group) is 1. The summed E-state index contributed by atoms with van der Waals surface area (Å²) in [6.45, 7) is 5.73. The molecule has 0 aliphatic carbocycles. The smallest absolute Gasteiger partial charge is 0.243 e. The Labute approximate surface area is 218 Å². The monoisotopic (exact) mass is 520 g/mol. The van der Waals surface area contributed by atoms with Gasteiger partial charge in [0.1, 0.15) is 0 Å². The van der Waals surface area contributed by atoms with E-state index in [0.29, 0.717) is 30.4 Å². The van der Waals surface area contributed by atoms with Crippen LogP contribution in [0, 0.1) is 0 Å². The highest BCUT2D eigenvalue weighted by Gasteiger charge is 2.28. The van der Waals surface area contributed by atoms with Crippen molar-refractivity contribution < 1.29 is 13.2 Å². The minimum Gasteiger partial charge on any atom is -0.324 e. The lowest BCUT2D eigenvalue weighted by Crippen LogP contribution is -2.48. The van der Waals surface area contributed by atoms with Gasteiger partial charge in [0.05, 0.1) is 22.7 Å². The first-order valence-electron chi connectivity index (χ1n) is 12.7. The number of amides is 1. The highest BCUT2D eigenvalue weighted by atomic mass is 32.2. The first kappa shape index (κ1) is 25.3. The van der Waals surface area contributed by atoms with Crippen LogP contribution in [0.15, 0.2) is 59.6 Å². The minimum absolute atomic E-state index is 0.0188. The highest BCUT2D eigenvalue weighted by Crippen LogP contribution is 2.35. The number of aromatic nitrogens is 2. The number of carbonyl (C=O) groups is 1. The van der Waals surface area contributed by atoms with Crippen LogP contribution in [0.1, 0.15) is 25.3 Å². The van der Waals surface area contributed by atoms with Crippen molar-refractivity contribution in [3.05, 3.63) is 60.3 Å². The first-order chi connectivity index (χ1) is 17.9. The molecule has 194 valence electrons. The van der Waals surface area contributed by atoms with Crippen LogP contribution in [0.25, 0.3) is 11.3 Å². The lowest BCUT2D eigenvalue weighted by atomic mass is 10.1. The zero-order valence-electron chi connectivity index (χ0n) is 21.2. The van der Waals surface area contributed by atoms with Crippen molar-refractivity contribution in [2.75, 3.05) is 50.0 Å².